The van der Waals surface area contributed by atoms with Crippen molar-refractivity contribution in [3.8, 4) is 5.75 Å². The molecule has 4 atom stereocenters. The predicted molar refractivity (Wildman–Crippen MR) is 141 cm³/mol. The predicted octanol–water partition coefficient (Wildman–Crippen LogP) is 4.76. The van der Waals surface area contributed by atoms with E-state index in [9.17, 15) is 9.90 Å². The Hall–Kier alpha value is -2.63. The Labute approximate surface area is 210 Å². The lowest BCUT2D eigenvalue weighted by Gasteiger charge is -2.56. The molecule has 0 spiro atoms. The molecule has 1 aliphatic heterocycles. The summed E-state index contributed by atoms with van der Waals surface area (Å²) in [5.74, 6) is 1.31. The third-order valence-electron chi connectivity index (χ3n) is 7.93. The molecule has 1 aliphatic carbocycles. The molecule has 1 N–H and O–H groups in total. The first kappa shape index (κ1) is 25.5. The zero-order valence-electron chi connectivity index (χ0n) is 21.4. The van der Waals surface area contributed by atoms with Crippen LogP contribution in [0.25, 0.3) is 0 Å². The largest absolute Gasteiger partial charge is 0.497 e. The lowest BCUT2D eigenvalue weighted by atomic mass is 9.56. The number of amides is 1. The number of nitrogens with zero attached hydrogens (tertiary/aromatic N) is 2. The van der Waals surface area contributed by atoms with Crippen LogP contribution in [0.5, 0.6) is 5.75 Å². The summed E-state index contributed by atoms with van der Waals surface area (Å²) in [4.78, 5) is 18.2. The fourth-order valence-electron chi connectivity index (χ4n) is 6.31. The van der Waals surface area contributed by atoms with E-state index in [1.54, 1.807) is 7.11 Å². The number of methoxy groups -OCH3 is 1. The van der Waals surface area contributed by atoms with E-state index in [4.69, 9.17) is 4.74 Å². The molecule has 1 amide bonds. The first-order valence-electron chi connectivity index (χ1n) is 12.9. The number of aliphatic hydroxyl groups is 1. The fraction of sp³-hybridized carbons (Fsp3) is 0.500. The van der Waals surface area contributed by atoms with Gasteiger partial charge in [0.25, 0.3) is 5.91 Å². The summed E-state index contributed by atoms with van der Waals surface area (Å²) in [6.07, 6.45) is 3.82. The van der Waals surface area contributed by atoms with Crippen LogP contribution in [0.2, 0.25) is 0 Å². The number of piperidine rings is 1. The molecule has 2 aromatic rings. The molecule has 2 fully saturated rings. The first-order chi connectivity index (χ1) is 16.9. The zero-order chi connectivity index (χ0) is 25.0. The normalized spacial score (nSPS) is 26.7. The second-order valence-corrected chi connectivity index (χ2v) is 10.7. The molecule has 35 heavy (non-hydrogen) atoms. The van der Waals surface area contributed by atoms with Gasteiger partial charge in [-0.3, -0.25) is 9.69 Å². The molecule has 1 heterocycles. The van der Waals surface area contributed by atoms with Gasteiger partial charge in [0, 0.05) is 42.6 Å². The number of hydrogen-bond donors (Lipinski definition) is 1. The van der Waals surface area contributed by atoms with Crippen molar-refractivity contribution < 1.29 is 14.6 Å². The molecule has 0 radical (unpaired) electrons. The quantitative estimate of drug-likeness (QED) is 0.558. The second kappa shape index (κ2) is 11.0. The van der Waals surface area contributed by atoms with Crippen molar-refractivity contribution in [2.75, 3.05) is 33.3 Å². The Balaban J connectivity index is 1.73. The summed E-state index contributed by atoms with van der Waals surface area (Å²) in [5.41, 5.74) is 1.70. The number of benzene rings is 2. The highest BCUT2D eigenvalue weighted by atomic mass is 16.5. The van der Waals surface area contributed by atoms with Crippen LogP contribution in [0.4, 0.5) is 0 Å². The zero-order valence-corrected chi connectivity index (χ0v) is 21.4. The Kier molecular flexibility index (Phi) is 7.98. The van der Waals surface area contributed by atoms with Crippen LogP contribution in [0.3, 0.4) is 0 Å². The van der Waals surface area contributed by atoms with Crippen LogP contribution in [0.15, 0.2) is 67.3 Å². The summed E-state index contributed by atoms with van der Waals surface area (Å²) in [5, 5.41) is 11.6. The number of likely N-dealkylation sites (tertiary alicyclic amines) is 1. The maximum absolute atomic E-state index is 13.7. The molecule has 5 heteroatoms. The summed E-state index contributed by atoms with van der Waals surface area (Å²) >= 11 is 0. The van der Waals surface area contributed by atoms with Crippen LogP contribution in [-0.4, -0.2) is 66.2 Å². The van der Waals surface area contributed by atoms with E-state index in [2.05, 4.69) is 37.5 Å². The number of ether oxygens (including phenoxy) is 1. The van der Waals surface area contributed by atoms with Crippen LogP contribution in [-0.2, 0) is 5.41 Å². The van der Waals surface area contributed by atoms with Crippen molar-refractivity contribution in [2.24, 2.45) is 11.8 Å². The average molecular weight is 477 g/mol. The van der Waals surface area contributed by atoms with Gasteiger partial charge in [0.1, 0.15) is 5.75 Å². The molecular formula is C30H40N2O3. The summed E-state index contributed by atoms with van der Waals surface area (Å²) in [6.45, 7) is 11.5. The molecule has 5 nitrogen and oxygen atoms in total. The summed E-state index contributed by atoms with van der Waals surface area (Å²) in [6, 6.07) is 17.9. The molecule has 0 aromatic heterocycles. The lowest BCUT2D eigenvalue weighted by Crippen LogP contribution is -2.61. The SMILES string of the molecule is C=CCN1CC[C@@]2(c3cccc(OC)c3)C[C@H](N(CC(C)C)C(=O)c3ccccc3)CC(O)[C@@H]2C1. The van der Waals surface area contributed by atoms with E-state index in [0.29, 0.717) is 24.4 Å². The van der Waals surface area contributed by atoms with E-state index in [-0.39, 0.29) is 23.3 Å². The first-order valence-corrected chi connectivity index (χ1v) is 12.9. The molecular weight excluding hydrogens is 436 g/mol. The topological polar surface area (TPSA) is 53.0 Å². The standard InChI is InChI=1S/C30H40N2O3/c1-5-15-31-16-14-30(24-12-9-13-26(17-24)35-4)19-25(18-28(33)27(30)21-31)32(20-22(2)3)29(34)23-10-7-6-8-11-23/h5-13,17,22,25,27-28,33H,1,14-16,18-21H2,2-4H3/t25-,27+,28?,30+/m1/s1. The number of hydrogen-bond acceptors (Lipinski definition) is 4. The van der Waals surface area contributed by atoms with Gasteiger partial charge < -0.3 is 14.7 Å². The molecule has 4 rings (SSSR count). The minimum Gasteiger partial charge on any atom is -0.497 e. The van der Waals surface area contributed by atoms with Gasteiger partial charge in [-0.15, -0.1) is 6.58 Å². The molecule has 1 saturated heterocycles. The van der Waals surface area contributed by atoms with E-state index in [1.165, 1.54) is 5.56 Å². The Morgan fingerprint density at radius 3 is 2.71 bits per heavy atom. The fourth-order valence-corrected chi connectivity index (χ4v) is 6.31. The Morgan fingerprint density at radius 1 is 1.26 bits per heavy atom. The molecule has 0 bridgehead atoms. The van der Waals surface area contributed by atoms with Crippen LogP contribution in [0, 0.1) is 11.8 Å². The van der Waals surface area contributed by atoms with Crippen molar-refractivity contribution in [3.63, 3.8) is 0 Å². The third-order valence-corrected chi connectivity index (χ3v) is 7.93. The van der Waals surface area contributed by atoms with E-state index in [0.717, 1.165) is 38.2 Å². The van der Waals surface area contributed by atoms with Gasteiger partial charge in [-0.2, -0.15) is 0 Å². The Morgan fingerprint density at radius 2 is 2.03 bits per heavy atom. The minimum absolute atomic E-state index is 0.0338. The van der Waals surface area contributed by atoms with E-state index < -0.39 is 6.10 Å². The van der Waals surface area contributed by atoms with Crippen LogP contribution >= 0.6 is 0 Å². The number of carbonyl (C=O) groups excluding carboxylic acids is 1. The number of aliphatic hydroxyl groups excluding tert-OH is 1. The van der Waals surface area contributed by atoms with Crippen molar-refractivity contribution in [1.82, 2.24) is 9.80 Å². The lowest BCUT2D eigenvalue weighted by molar-refractivity contribution is -0.0630. The summed E-state index contributed by atoms with van der Waals surface area (Å²) < 4.78 is 5.58. The highest BCUT2D eigenvalue weighted by Crippen LogP contribution is 2.51. The smallest absolute Gasteiger partial charge is 0.254 e. The van der Waals surface area contributed by atoms with Gasteiger partial charge in [-0.1, -0.05) is 50.3 Å². The molecule has 2 aromatic carbocycles. The van der Waals surface area contributed by atoms with Gasteiger partial charge in [0.2, 0.25) is 0 Å². The van der Waals surface area contributed by atoms with E-state index in [1.807, 2.05) is 53.4 Å². The van der Waals surface area contributed by atoms with Crippen molar-refractivity contribution in [3.05, 3.63) is 78.4 Å². The Bertz CT molecular complexity index is 1010. The highest BCUT2D eigenvalue weighted by Gasteiger charge is 2.53. The number of fused-ring (bicyclic) bond motifs is 1. The number of carbonyl (C=O) groups is 1. The summed E-state index contributed by atoms with van der Waals surface area (Å²) in [7, 11) is 1.70. The van der Waals surface area contributed by atoms with Crippen LogP contribution in [0.1, 0.15) is 49.0 Å². The minimum atomic E-state index is -0.495. The monoisotopic (exact) mass is 476 g/mol. The highest BCUT2D eigenvalue weighted by molar-refractivity contribution is 5.94. The molecule has 1 unspecified atom stereocenters. The molecule has 188 valence electrons. The van der Waals surface area contributed by atoms with Gasteiger partial charge in [0.05, 0.1) is 13.2 Å². The average Bonchev–Trinajstić information content (AvgIpc) is 2.87. The third kappa shape index (κ3) is 5.31. The number of rotatable bonds is 8. The van der Waals surface area contributed by atoms with Gasteiger partial charge >= 0.3 is 0 Å². The van der Waals surface area contributed by atoms with Crippen LogP contribution < -0.4 is 4.74 Å². The molecule has 1 saturated carbocycles. The van der Waals surface area contributed by atoms with Gasteiger partial charge in [0.15, 0.2) is 0 Å². The van der Waals surface area contributed by atoms with Crippen molar-refractivity contribution in [2.45, 2.75) is 50.7 Å². The second-order valence-electron chi connectivity index (χ2n) is 10.7. The maximum Gasteiger partial charge on any atom is 0.254 e. The van der Waals surface area contributed by atoms with Gasteiger partial charge in [-0.25, -0.2) is 0 Å². The van der Waals surface area contributed by atoms with Gasteiger partial charge in [-0.05, 0) is 61.6 Å². The molecule has 2 aliphatic rings. The van der Waals surface area contributed by atoms with Crippen molar-refractivity contribution >= 4 is 5.91 Å². The maximum atomic E-state index is 13.7. The van der Waals surface area contributed by atoms with E-state index >= 15 is 0 Å². The van der Waals surface area contributed by atoms with Crippen molar-refractivity contribution in [1.29, 1.82) is 0 Å².